The molecule has 0 amide bonds. The van der Waals surface area contributed by atoms with Crippen molar-refractivity contribution in [1.82, 2.24) is 14.7 Å². The molecule has 0 aliphatic carbocycles. The maximum absolute atomic E-state index is 5.93. The van der Waals surface area contributed by atoms with Crippen LogP contribution >= 0.6 is 0 Å². The quantitative estimate of drug-likeness (QED) is 0.796. The number of rotatable bonds is 5. The Morgan fingerprint density at radius 3 is 2.31 bits per heavy atom. The van der Waals surface area contributed by atoms with Gasteiger partial charge in [0, 0.05) is 58.9 Å². The van der Waals surface area contributed by atoms with Crippen LogP contribution in [0.25, 0.3) is 0 Å². The minimum Gasteiger partial charge on any atom is -0.493 e. The molecule has 3 aliphatic heterocycles. The van der Waals surface area contributed by atoms with Crippen molar-refractivity contribution in [1.29, 1.82) is 0 Å². The molecule has 5 nitrogen and oxygen atoms in total. The number of piperazine rings is 1. The molecule has 2 fully saturated rings. The standard InChI is InChI=1S/C21H33N3O2/c1-2-4-21-20(3-1)17-19(5-14-26-21)18-24-10-8-22(9-11-24)6-7-23-12-15-25-16-13-23/h1-4,19H,5-18H2. The molecule has 0 aromatic heterocycles. The number of ether oxygens (including phenoxy) is 2. The van der Waals surface area contributed by atoms with Crippen LogP contribution in [0, 0.1) is 5.92 Å². The number of benzene rings is 1. The summed E-state index contributed by atoms with van der Waals surface area (Å²) < 4.78 is 11.4. The molecule has 4 rings (SSSR count). The SMILES string of the molecule is c1ccc2c(c1)CC(CN1CCN(CCN3CCOCC3)CC1)CCO2. The molecule has 0 bridgehead atoms. The van der Waals surface area contributed by atoms with E-state index in [1.807, 2.05) is 0 Å². The summed E-state index contributed by atoms with van der Waals surface area (Å²) in [5, 5.41) is 0. The summed E-state index contributed by atoms with van der Waals surface area (Å²) in [7, 11) is 0. The molecule has 3 aliphatic rings. The van der Waals surface area contributed by atoms with Crippen LogP contribution in [0.3, 0.4) is 0 Å². The Hall–Kier alpha value is -1.14. The number of hydrogen-bond acceptors (Lipinski definition) is 5. The Morgan fingerprint density at radius 1 is 0.808 bits per heavy atom. The van der Waals surface area contributed by atoms with Crippen LogP contribution in [0.5, 0.6) is 5.75 Å². The minimum atomic E-state index is 0.721. The van der Waals surface area contributed by atoms with Gasteiger partial charge in [-0.15, -0.1) is 0 Å². The fourth-order valence-corrected chi connectivity index (χ4v) is 4.39. The van der Waals surface area contributed by atoms with Gasteiger partial charge in [0.15, 0.2) is 0 Å². The molecule has 0 N–H and O–H groups in total. The van der Waals surface area contributed by atoms with E-state index in [4.69, 9.17) is 9.47 Å². The van der Waals surface area contributed by atoms with E-state index in [0.717, 1.165) is 51.0 Å². The van der Waals surface area contributed by atoms with Crippen LogP contribution in [0.2, 0.25) is 0 Å². The first-order valence-electron chi connectivity index (χ1n) is 10.3. The Morgan fingerprint density at radius 2 is 1.50 bits per heavy atom. The van der Waals surface area contributed by atoms with Gasteiger partial charge in [0.2, 0.25) is 0 Å². The van der Waals surface area contributed by atoms with Gasteiger partial charge in [0.25, 0.3) is 0 Å². The minimum absolute atomic E-state index is 0.721. The predicted octanol–water partition coefficient (Wildman–Crippen LogP) is 1.58. The van der Waals surface area contributed by atoms with Crippen LogP contribution in [-0.2, 0) is 11.2 Å². The van der Waals surface area contributed by atoms with E-state index in [-0.39, 0.29) is 0 Å². The molecular weight excluding hydrogens is 326 g/mol. The lowest BCUT2D eigenvalue weighted by Gasteiger charge is -2.37. The van der Waals surface area contributed by atoms with Crippen molar-refractivity contribution in [3.8, 4) is 5.75 Å². The van der Waals surface area contributed by atoms with E-state index in [1.54, 1.807) is 0 Å². The van der Waals surface area contributed by atoms with Crippen LogP contribution in [0.4, 0.5) is 0 Å². The largest absolute Gasteiger partial charge is 0.493 e. The second kappa shape index (κ2) is 9.18. The Labute approximate surface area is 157 Å². The molecule has 5 heteroatoms. The molecule has 144 valence electrons. The lowest BCUT2D eigenvalue weighted by atomic mass is 9.96. The number of morpholine rings is 1. The highest BCUT2D eigenvalue weighted by molar-refractivity contribution is 5.34. The van der Waals surface area contributed by atoms with Crippen molar-refractivity contribution in [3.63, 3.8) is 0 Å². The van der Waals surface area contributed by atoms with E-state index in [9.17, 15) is 0 Å². The molecule has 1 aromatic carbocycles. The highest BCUT2D eigenvalue weighted by atomic mass is 16.5. The van der Waals surface area contributed by atoms with E-state index in [0.29, 0.717) is 0 Å². The molecule has 0 spiro atoms. The van der Waals surface area contributed by atoms with Crippen molar-refractivity contribution in [2.75, 3.05) is 78.7 Å². The van der Waals surface area contributed by atoms with Crippen molar-refractivity contribution in [3.05, 3.63) is 29.8 Å². The Balaban J connectivity index is 1.19. The monoisotopic (exact) mass is 359 g/mol. The first kappa shape index (κ1) is 18.2. The number of nitrogens with zero attached hydrogens (tertiary/aromatic N) is 3. The Kier molecular flexibility index (Phi) is 6.44. The first-order chi connectivity index (χ1) is 12.9. The molecule has 0 radical (unpaired) electrons. The number of hydrogen-bond donors (Lipinski definition) is 0. The van der Waals surface area contributed by atoms with Crippen LogP contribution < -0.4 is 4.74 Å². The van der Waals surface area contributed by atoms with E-state index < -0.39 is 0 Å². The van der Waals surface area contributed by atoms with Gasteiger partial charge in [0.05, 0.1) is 19.8 Å². The molecular formula is C21H33N3O2. The topological polar surface area (TPSA) is 28.2 Å². The summed E-state index contributed by atoms with van der Waals surface area (Å²) >= 11 is 0. The second-order valence-corrected chi connectivity index (χ2v) is 7.91. The highest BCUT2D eigenvalue weighted by Crippen LogP contribution is 2.27. The summed E-state index contributed by atoms with van der Waals surface area (Å²) in [5.74, 6) is 1.82. The second-order valence-electron chi connectivity index (χ2n) is 7.91. The van der Waals surface area contributed by atoms with E-state index in [2.05, 4.69) is 39.0 Å². The number of para-hydroxylation sites is 1. The molecule has 1 aromatic rings. The van der Waals surface area contributed by atoms with Crippen molar-refractivity contribution in [2.45, 2.75) is 12.8 Å². The number of fused-ring (bicyclic) bond motifs is 1. The maximum Gasteiger partial charge on any atom is 0.122 e. The Bertz CT molecular complexity index is 554. The first-order valence-corrected chi connectivity index (χ1v) is 10.3. The predicted molar refractivity (Wildman–Crippen MR) is 104 cm³/mol. The molecule has 1 atom stereocenters. The summed E-state index contributed by atoms with van der Waals surface area (Å²) in [6.07, 6.45) is 2.33. The normalized spacial score (nSPS) is 26.1. The summed E-state index contributed by atoms with van der Waals surface area (Å²) in [5.41, 5.74) is 1.39. The molecule has 3 heterocycles. The van der Waals surface area contributed by atoms with Crippen molar-refractivity contribution < 1.29 is 9.47 Å². The average Bonchev–Trinajstić information content (AvgIpc) is 2.90. The lowest BCUT2D eigenvalue weighted by molar-refractivity contribution is 0.0293. The third-order valence-electron chi connectivity index (χ3n) is 6.08. The highest BCUT2D eigenvalue weighted by Gasteiger charge is 2.23. The third kappa shape index (κ3) is 4.97. The van der Waals surface area contributed by atoms with Crippen molar-refractivity contribution >= 4 is 0 Å². The van der Waals surface area contributed by atoms with Gasteiger partial charge in [-0.2, -0.15) is 0 Å². The molecule has 26 heavy (non-hydrogen) atoms. The van der Waals surface area contributed by atoms with Gasteiger partial charge >= 0.3 is 0 Å². The van der Waals surface area contributed by atoms with Gasteiger partial charge in [-0.05, 0) is 30.4 Å². The van der Waals surface area contributed by atoms with Gasteiger partial charge in [-0.1, -0.05) is 18.2 Å². The van der Waals surface area contributed by atoms with Crippen LogP contribution in [-0.4, -0.2) is 93.4 Å². The van der Waals surface area contributed by atoms with Gasteiger partial charge in [-0.25, -0.2) is 0 Å². The summed E-state index contributed by atoms with van der Waals surface area (Å²) in [4.78, 5) is 7.85. The van der Waals surface area contributed by atoms with Gasteiger partial charge in [0.1, 0.15) is 5.75 Å². The fourth-order valence-electron chi connectivity index (χ4n) is 4.39. The maximum atomic E-state index is 5.93. The van der Waals surface area contributed by atoms with E-state index >= 15 is 0 Å². The average molecular weight is 360 g/mol. The zero-order valence-electron chi connectivity index (χ0n) is 15.9. The van der Waals surface area contributed by atoms with Crippen LogP contribution in [0.1, 0.15) is 12.0 Å². The fraction of sp³-hybridized carbons (Fsp3) is 0.714. The molecule has 0 saturated carbocycles. The van der Waals surface area contributed by atoms with Gasteiger partial charge < -0.3 is 14.4 Å². The summed E-state index contributed by atoms with van der Waals surface area (Å²) in [6, 6.07) is 8.56. The zero-order chi connectivity index (χ0) is 17.6. The van der Waals surface area contributed by atoms with E-state index in [1.165, 1.54) is 57.8 Å². The summed E-state index contributed by atoms with van der Waals surface area (Å²) in [6.45, 7) is 13.3. The smallest absolute Gasteiger partial charge is 0.122 e. The van der Waals surface area contributed by atoms with Crippen molar-refractivity contribution in [2.24, 2.45) is 5.92 Å². The zero-order valence-corrected chi connectivity index (χ0v) is 15.9. The molecule has 1 unspecified atom stereocenters. The van der Waals surface area contributed by atoms with Gasteiger partial charge in [-0.3, -0.25) is 9.80 Å². The lowest BCUT2D eigenvalue weighted by Crippen LogP contribution is -2.50. The molecule has 2 saturated heterocycles. The third-order valence-corrected chi connectivity index (χ3v) is 6.08. The van der Waals surface area contributed by atoms with Crippen LogP contribution in [0.15, 0.2) is 24.3 Å².